The quantitative estimate of drug-likeness (QED) is 0.775. The number of halogens is 1. The Morgan fingerprint density at radius 3 is 2.61 bits per heavy atom. The molecule has 0 bridgehead atoms. The number of allylic oxidation sites excluding steroid dienone is 1. The van der Waals surface area contributed by atoms with E-state index in [2.05, 4.69) is 22.0 Å². The lowest BCUT2D eigenvalue weighted by atomic mass is 10.1. The lowest BCUT2D eigenvalue weighted by Crippen LogP contribution is -1.84. The fraction of sp³-hybridized carbons (Fsp3) is 0.0714. The number of benzene rings is 1. The van der Waals surface area contributed by atoms with Crippen molar-refractivity contribution in [2.45, 2.75) is 0 Å². The van der Waals surface area contributed by atoms with Crippen LogP contribution in [0.25, 0.3) is 11.6 Å². The van der Waals surface area contributed by atoms with Gasteiger partial charge in [0.1, 0.15) is 5.75 Å². The van der Waals surface area contributed by atoms with Gasteiger partial charge in [0.15, 0.2) is 0 Å². The Labute approximate surface area is 118 Å². The fourth-order valence-corrected chi connectivity index (χ4v) is 2.87. The summed E-state index contributed by atoms with van der Waals surface area (Å²) in [5, 5.41) is 11.2. The van der Waals surface area contributed by atoms with Gasteiger partial charge in [0.25, 0.3) is 0 Å². The summed E-state index contributed by atoms with van der Waals surface area (Å²) in [6.07, 6.45) is 1.89. The zero-order chi connectivity index (χ0) is 13.0. The summed E-state index contributed by atoms with van der Waals surface area (Å²) < 4.78 is 6.13. The lowest BCUT2D eigenvalue weighted by Gasteiger charge is -2.01. The van der Waals surface area contributed by atoms with E-state index in [9.17, 15) is 5.26 Å². The average molecular weight is 320 g/mol. The summed E-state index contributed by atoms with van der Waals surface area (Å²) in [5.41, 5.74) is 1.54. The van der Waals surface area contributed by atoms with Gasteiger partial charge in [0, 0.05) is 14.7 Å². The van der Waals surface area contributed by atoms with Gasteiger partial charge in [-0.05, 0) is 57.9 Å². The minimum atomic E-state index is 0.645. The molecule has 4 heteroatoms. The minimum absolute atomic E-state index is 0.645. The Hall–Kier alpha value is -1.57. The van der Waals surface area contributed by atoms with E-state index in [-0.39, 0.29) is 0 Å². The SMILES string of the molecule is COc1ccc(C(C#N)=Cc2cc(Br)cs2)cc1. The highest BCUT2D eigenvalue weighted by atomic mass is 79.9. The summed E-state index contributed by atoms with van der Waals surface area (Å²) in [6.45, 7) is 0. The second kappa shape index (κ2) is 5.85. The van der Waals surface area contributed by atoms with Crippen LogP contribution in [0.4, 0.5) is 0 Å². The predicted octanol–water partition coefficient (Wildman–Crippen LogP) is 4.58. The van der Waals surface area contributed by atoms with Crippen LogP contribution in [-0.2, 0) is 0 Å². The molecule has 0 aliphatic rings. The summed E-state index contributed by atoms with van der Waals surface area (Å²) >= 11 is 5.00. The van der Waals surface area contributed by atoms with E-state index in [1.54, 1.807) is 18.4 Å². The van der Waals surface area contributed by atoms with Crippen molar-refractivity contribution in [3.63, 3.8) is 0 Å². The average Bonchev–Trinajstić information content (AvgIpc) is 2.82. The second-order valence-corrected chi connectivity index (χ2v) is 5.42. The molecule has 1 aromatic heterocycles. The van der Waals surface area contributed by atoms with Gasteiger partial charge in [0.2, 0.25) is 0 Å². The maximum atomic E-state index is 9.22. The van der Waals surface area contributed by atoms with Crippen molar-refractivity contribution in [1.82, 2.24) is 0 Å². The first-order valence-electron chi connectivity index (χ1n) is 5.23. The number of hydrogen-bond acceptors (Lipinski definition) is 3. The smallest absolute Gasteiger partial charge is 0.118 e. The summed E-state index contributed by atoms with van der Waals surface area (Å²) in [7, 11) is 1.62. The summed E-state index contributed by atoms with van der Waals surface area (Å²) in [6, 6.07) is 11.7. The predicted molar refractivity (Wildman–Crippen MR) is 78.5 cm³/mol. The molecular formula is C14H10BrNOS. The number of hydrogen-bond donors (Lipinski definition) is 0. The second-order valence-electron chi connectivity index (χ2n) is 3.57. The monoisotopic (exact) mass is 319 g/mol. The molecule has 1 aromatic carbocycles. The molecule has 0 aliphatic heterocycles. The van der Waals surface area contributed by atoms with Crippen LogP contribution < -0.4 is 4.74 Å². The molecule has 0 atom stereocenters. The van der Waals surface area contributed by atoms with Crippen molar-refractivity contribution in [3.05, 3.63) is 50.6 Å². The topological polar surface area (TPSA) is 33.0 Å². The van der Waals surface area contributed by atoms with Crippen LogP contribution in [0.1, 0.15) is 10.4 Å². The summed E-state index contributed by atoms with van der Waals surface area (Å²) in [5.74, 6) is 0.787. The maximum absolute atomic E-state index is 9.22. The zero-order valence-electron chi connectivity index (χ0n) is 9.68. The Morgan fingerprint density at radius 2 is 2.11 bits per heavy atom. The van der Waals surface area contributed by atoms with Gasteiger partial charge in [-0.15, -0.1) is 11.3 Å². The number of rotatable bonds is 3. The molecule has 2 aromatic rings. The number of methoxy groups -OCH3 is 1. The van der Waals surface area contributed by atoms with Crippen molar-refractivity contribution in [3.8, 4) is 11.8 Å². The van der Waals surface area contributed by atoms with Crippen LogP contribution >= 0.6 is 27.3 Å². The highest BCUT2D eigenvalue weighted by Gasteiger charge is 2.03. The van der Waals surface area contributed by atoms with E-state index in [4.69, 9.17) is 4.74 Å². The molecule has 0 unspecified atom stereocenters. The van der Waals surface area contributed by atoms with Crippen LogP contribution in [0, 0.1) is 11.3 Å². The van der Waals surface area contributed by atoms with Gasteiger partial charge in [-0.25, -0.2) is 0 Å². The van der Waals surface area contributed by atoms with Crippen molar-refractivity contribution < 1.29 is 4.74 Å². The van der Waals surface area contributed by atoms with Crippen molar-refractivity contribution in [2.24, 2.45) is 0 Å². The fourth-order valence-electron chi connectivity index (χ4n) is 1.50. The van der Waals surface area contributed by atoms with E-state index in [1.807, 2.05) is 41.8 Å². The number of nitriles is 1. The Bertz CT molecular complexity index is 607. The molecule has 90 valence electrons. The third kappa shape index (κ3) is 3.00. The molecule has 2 rings (SSSR count). The molecule has 0 N–H and O–H groups in total. The standard InChI is InChI=1S/C14H10BrNOS/c1-17-13-4-2-10(3-5-13)11(8-16)6-14-7-12(15)9-18-14/h2-7,9H,1H3. The van der Waals surface area contributed by atoms with Crippen LogP contribution in [0.5, 0.6) is 5.75 Å². The zero-order valence-corrected chi connectivity index (χ0v) is 12.1. The molecule has 0 spiro atoms. The van der Waals surface area contributed by atoms with Gasteiger partial charge < -0.3 is 4.74 Å². The molecule has 0 amide bonds. The van der Waals surface area contributed by atoms with E-state index in [1.165, 1.54) is 0 Å². The number of nitrogens with zero attached hydrogens (tertiary/aromatic N) is 1. The minimum Gasteiger partial charge on any atom is -0.497 e. The molecule has 18 heavy (non-hydrogen) atoms. The van der Waals surface area contributed by atoms with Gasteiger partial charge in [-0.3, -0.25) is 0 Å². The third-order valence-electron chi connectivity index (χ3n) is 2.40. The molecule has 0 fully saturated rings. The highest BCUT2D eigenvalue weighted by Crippen LogP contribution is 2.25. The first-order valence-corrected chi connectivity index (χ1v) is 6.90. The van der Waals surface area contributed by atoms with E-state index in [0.717, 1.165) is 20.7 Å². The molecule has 0 saturated heterocycles. The largest absolute Gasteiger partial charge is 0.497 e. The van der Waals surface area contributed by atoms with Gasteiger partial charge in [-0.1, -0.05) is 0 Å². The first-order chi connectivity index (χ1) is 8.72. The van der Waals surface area contributed by atoms with E-state index >= 15 is 0 Å². The van der Waals surface area contributed by atoms with Gasteiger partial charge in [0.05, 0.1) is 18.8 Å². The molecule has 1 heterocycles. The Balaban J connectivity index is 2.33. The maximum Gasteiger partial charge on any atom is 0.118 e. The van der Waals surface area contributed by atoms with Crippen molar-refractivity contribution >= 4 is 38.9 Å². The van der Waals surface area contributed by atoms with E-state index in [0.29, 0.717) is 5.57 Å². The Kier molecular flexibility index (Phi) is 4.19. The number of thiophene rings is 1. The molecule has 0 aliphatic carbocycles. The van der Waals surface area contributed by atoms with Gasteiger partial charge in [-0.2, -0.15) is 5.26 Å². The number of ether oxygens (including phenoxy) is 1. The van der Waals surface area contributed by atoms with E-state index < -0.39 is 0 Å². The van der Waals surface area contributed by atoms with Crippen molar-refractivity contribution in [1.29, 1.82) is 5.26 Å². The van der Waals surface area contributed by atoms with Crippen LogP contribution in [-0.4, -0.2) is 7.11 Å². The Morgan fingerprint density at radius 1 is 1.39 bits per heavy atom. The van der Waals surface area contributed by atoms with Crippen LogP contribution in [0.15, 0.2) is 40.2 Å². The highest BCUT2D eigenvalue weighted by molar-refractivity contribution is 9.10. The lowest BCUT2D eigenvalue weighted by molar-refractivity contribution is 0.415. The first kappa shape index (κ1) is 12.9. The molecule has 0 saturated carbocycles. The molecular weight excluding hydrogens is 310 g/mol. The van der Waals surface area contributed by atoms with Crippen LogP contribution in [0.2, 0.25) is 0 Å². The van der Waals surface area contributed by atoms with Crippen LogP contribution in [0.3, 0.4) is 0 Å². The van der Waals surface area contributed by atoms with Crippen molar-refractivity contribution in [2.75, 3.05) is 7.11 Å². The summed E-state index contributed by atoms with van der Waals surface area (Å²) in [4.78, 5) is 1.05. The van der Waals surface area contributed by atoms with Gasteiger partial charge >= 0.3 is 0 Å². The molecule has 0 radical (unpaired) electrons. The normalized spacial score (nSPS) is 11.1. The molecule has 2 nitrogen and oxygen atoms in total. The third-order valence-corrected chi connectivity index (χ3v) is 4.04.